The molecule has 0 saturated carbocycles. The number of carbonyl (C=O) groups excluding carboxylic acids is 2. The van der Waals surface area contributed by atoms with Gasteiger partial charge in [0.2, 0.25) is 0 Å². The number of ether oxygens (including phenoxy) is 2. The van der Waals surface area contributed by atoms with E-state index >= 15 is 0 Å². The molecule has 0 radical (unpaired) electrons. The van der Waals surface area contributed by atoms with E-state index in [1.54, 1.807) is 39.2 Å². The van der Waals surface area contributed by atoms with Gasteiger partial charge in [0.05, 0.1) is 13.3 Å². The summed E-state index contributed by atoms with van der Waals surface area (Å²) in [5.41, 5.74) is 4.48. The fraction of sp³-hybridized carbons (Fsp3) is 0.194. The van der Waals surface area contributed by atoms with Crippen LogP contribution in [-0.4, -0.2) is 31.2 Å². The quantitative estimate of drug-likeness (QED) is 0.211. The highest BCUT2D eigenvalue weighted by atomic mass is 19.1. The summed E-state index contributed by atoms with van der Waals surface area (Å²) >= 11 is 0. The van der Waals surface area contributed by atoms with E-state index in [-0.39, 0.29) is 11.5 Å². The van der Waals surface area contributed by atoms with Gasteiger partial charge in [-0.3, -0.25) is 9.59 Å². The molecule has 4 aromatic rings. The van der Waals surface area contributed by atoms with Crippen molar-refractivity contribution in [2.45, 2.75) is 26.5 Å². The van der Waals surface area contributed by atoms with E-state index in [4.69, 9.17) is 9.47 Å². The maximum atomic E-state index is 13.2. The molecule has 2 N–H and O–H groups in total. The number of hydrazone groups is 1. The molecule has 1 unspecified atom stereocenters. The molecule has 0 saturated heterocycles. The third-order valence-electron chi connectivity index (χ3n) is 6.18. The summed E-state index contributed by atoms with van der Waals surface area (Å²) in [7, 11) is 1.56. The third kappa shape index (κ3) is 6.98. The van der Waals surface area contributed by atoms with E-state index in [1.807, 2.05) is 24.3 Å². The van der Waals surface area contributed by atoms with Gasteiger partial charge in [-0.25, -0.2) is 9.82 Å². The number of fused-ring (bicyclic) bond motifs is 1. The number of halogens is 1. The smallest absolute Gasteiger partial charge is 0.262 e. The highest BCUT2D eigenvalue weighted by Gasteiger charge is 2.24. The summed E-state index contributed by atoms with van der Waals surface area (Å²) < 4.78 is 24.7. The zero-order chi connectivity index (χ0) is 27.8. The first-order valence-corrected chi connectivity index (χ1v) is 12.5. The Morgan fingerprint density at radius 2 is 1.69 bits per heavy atom. The Labute approximate surface area is 226 Å². The monoisotopic (exact) mass is 527 g/mol. The number of carbonyl (C=O) groups is 2. The number of benzene rings is 4. The second-order valence-electron chi connectivity index (χ2n) is 9.27. The van der Waals surface area contributed by atoms with Crippen molar-refractivity contribution in [3.63, 3.8) is 0 Å². The molecule has 0 heterocycles. The van der Waals surface area contributed by atoms with Crippen molar-refractivity contribution in [2.75, 3.05) is 7.11 Å². The number of nitrogens with zero attached hydrogens (tertiary/aromatic N) is 1. The first-order chi connectivity index (χ1) is 18.9. The molecular formula is C31H30FN3O4. The van der Waals surface area contributed by atoms with Crippen LogP contribution in [0.3, 0.4) is 0 Å². The highest BCUT2D eigenvalue weighted by molar-refractivity contribution is 5.97. The minimum atomic E-state index is -0.834. The van der Waals surface area contributed by atoms with Gasteiger partial charge in [-0.1, -0.05) is 56.3 Å². The van der Waals surface area contributed by atoms with E-state index in [1.165, 1.54) is 30.5 Å². The molecule has 8 heteroatoms. The largest absolute Gasteiger partial charge is 0.493 e. The minimum absolute atomic E-state index is 0.206. The Hall–Kier alpha value is -4.72. The lowest BCUT2D eigenvalue weighted by atomic mass is 10.0. The van der Waals surface area contributed by atoms with Crippen molar-refractivity contribution in [1.82, 2.24) is 10.7 Å². The first kappa shape index (κ1) is 27.3. The summed E-state index contributed by atoms with van der Waals surface area (Å²) in [6, 6.07) is 23.9. The van der Waals surface area contributed by atoms with Gasteiger partial charge in [-0.2, -0.15) is 5.10 Å². The molecule has 0 spiro atoms. The topological polar surface area (TPSA) is 89.0 Å². The molecule has 7 nitrogen and oxygen atoms in total. The van der Waals surface area contributed by atoms with E-state index < -0.39 is 23.7 Å². The van der Waals surface area contributed by atoms with Crippen molar-refractivity contribution in [2.24, 2.45) is 11.0 Å². The average molecular weight is 528 g/mol. The molecule has 1 atom stereocenters. The van der Waals surface area contributed by atoms with Gasteiger partial charge in [0.25, 0.3) is 11.8 Å². The van der Waals surface area contributed by atoms with Crippen molar-refractivity contribution in [3.8, 4) is 11.5 Å². The standard InChI is InChI=1S/C31H30FN3O4/c1-20(2)29(34-30(36)23-12-14-25(32)15-13-23)31(37)35-33-18-21-11-16-27(28(17-21)38-3)39-19-24-9-6-8-22-7-4-5-10-26(22)24/h4-18,20,29H,19H2,1-3H3,(H,34,36)(H,35,37). The number of rotatable bonds is 10. The predicted molar refractivity (Wildman–Crippen MR) is 150 cm³/mol. The van der Waals surface area contributed by atoms with E-state index in [2.05, 4.69) is 34.0 Å². The zero-order valence-corrected chi connectivity index (χ0v) is 22.0. The van der Waals surface area contributed by atoms with Crippen LogP contribution in [0.2, 0.25) is 0 Å². The summed E-state index contributed by atoms with van der Waals surface area (Å²) in [6.07, 6.45) is 1.48. The van der Waals surface area contributed by atoms with Gasteiger partial charge in [0.1, 0.15) is 18.5 Å². The summed E-state index contributed by atoms with van der Waals surface area (Å²) in [5, 5.41) is 9.01. The molecule has 0 fully saturated rings. The molecule has 0 bridgehead atoms. The average Bonchev–Trinajstić information content (AvgIpc) is 2.95. The van der Waals surface area contributed by atoms with Crippen LogP contribution in [0.15, 0.2) is 90.0 Å². The zero-order valence-electron chi connectivity index (χ0n) is 22.0. The molecule has 0 aliphatic rings. The Kier molecular flexibility index (Phi) is 8.89. The van der Waals surface area contributed by atoms with Crippen molar-refractivity contribution < 1.29 is 23.5 Å². The van der Waals surface area contributed by atoms with Gasteiger partial charge in [0, 0.05) is 5.56 Å². The van der Waals surface area contributed by atoms with Crippen molar-refractivity contribution >= 4 is 28.8 Å². The Morgan fingerprint density at radius 1 is 0.949 bits per heavy atom. The normalized spacial score (nSPS) is 11.9. The van der Waals surface area contributed by atoms with Crippen molar-refractivity contribution in [1.29, 1.82) is 0 Å². The molecular weight excluding hydrogens is 497 g/mol. The number of hydrogen-bond acceptors (Lipinski definition) is 5. The van der Waals surface area contributed by atoms with Gasteiger partial charge in [-0.05, 0) is 70.3 Å². The molecule has 0 aliphatic carbocycles. The van der Waals surface area contributed by atoms with Crippen LogP contribution in [0.25, 0.3) is 10.8 Å². The molecule has 200 valence electrons. The second kappa shape index (κ2) is 12.7. The number of methoxy groups -OCH3 is 1. The minimum Gasteiger partial charge on any atom is -0.493 e. The van der Waals surface area contributed by atoms with Gasteiger partial charge in [0.15, 0.2) is 11.5 Å². The molecule has 0 aromatic heterocycles. The van der Waals surface area contributed by atoms with Crippen LogP contribution < -0.4 is 20.2 Å². The van der Waals surface area contributed by atoms with E-state index in [0.29, 0.717) is 23.7 Å². The lowest BCUT2D eigenvalue weighted by Gasteiger charge is -2.20. The molecule has 39 heavy (non-hydrogen) atoms. The Bertz CT molecular complexity index is 1480. The van der Waals surface area contributed by atoms with Crippen LogP contribution in [-0.2, 0) is 11.4 Å². The first-order valence-electron chi connectivity index (χ1n) is 12.5. The summed E-state index contributed by atoms with van der Waals surface area (Å²) in [4.78, 5) is 25.2. The van der Waals surface area contributed by atoms with Crippen LogP contribution in [0.5, 0.6) is 11.5 Å². The number of amides is 2. The maximum absolute atomic E-state index is 13.2. The lowest BCUT2D eigenvalue weighted by Crippen LogP contribution is -2.48. The van der Waals surface area contributed by atoms with E-state index in [9.17, 15) is 14.0 Å². The molecule has 0 aliphatic heterocycles. The highest BCUT2D eigenvalue weighted by Crippen LogP contribution is 2.29. The summed E-state index contributed by atoms with van der Waals surface area (Å²) in [6.45, 7) is 3.99. The maximum Gasteiger partial charge on any atom is 0.262 e. The van der Waals surface area contributed by atoms with Gasteiger partial charge < -0.3 is 14.8 Å². The van der Waals surface area contributed by atoms with Gasteiger partial charge >= 0.3 is 0 Å². The SMILES string of the molecule is COc1cc(C=NNC(=O)C(NC(=O)c2ccc(F)cc2)C(C)C)ccc1OCc1cccc2ccccc12. The van der Waals surface area contributed by atoms with Crippen LogP contribution in [0.4, 0.5) is 4.39 Å². The number of nitrogens with one attached hydrogen (secondary N) is 2. The van der Waals surface area contributed by atoms with Crippen molar-refractivity contribution in [3.05, 3.63) is 107 Å². The fourth-order valence-electron chi connectivity index (χ4n) is 4.06. The van der Waals surface area contributed by atoms with Crippen LogP contribution in [0, 0.1) is 11.7 Å². The third-order valence-corrected chi connectivity index (χ3v) is 6.18. The lowest BCUT2D eigenvalue weighted by molar-refractivity contribution is -0.123. The molecule has 4 rings (SSSR count). The van der Waals surface area contributed by atoms with E-state index in [0.717, 1.165) is 16.3 Å². The Balaban J connectivity index is 1.38. The molecule has 2 amide bonds. The van der Waals surface area contributed by atoms with Crippen LogP contribution in [0.1, 0.15) is 35.3 Å². The number of hydrogen-bond donors (Lipinski definition) is 2. The second-order valence-corrected chi connectivity index (χ2v) is 9.27. The van der Waals surface area contributed by atoms with Crippen LogP contribution >= 0.6 is 0 Å². The fourth-order valence-corrected chi connectivity index (χ4v) is 4.06. The summed E-state index contributed by atoms with van der Waals surface area (Å²) in [5.74, 6) is -0.495. The predicted octanol–water partition coefficient (Wildman–Crippen LogP) is 5.47. The Morgan fingerprint density at radius 3 is 2.44 bits per heavy atom. The van der Waals surface area contributed by atoms with Gasteiger partial charge in [-0.15, -0.1) is 0 Å². The molecule has 4 aromatic carbocycles.